The SMILES string of the molecule is COc1ccccc1-c1cccc2cccc(N=Ic3cc(C)cc(C(C)(C)c4ccccc4)c3O)c12. The van der Waals surface area contributed by atoms with Crippen molar-refractivity contribution in [1.29, 1.82) is 0 Å². The fourth-order valence-electron chi connectivity index (χ4n) is 4.86. The Bertz CT molecular complexity index is 1600. The first-order valence-corrected chi connectivity index (χ1v) is 14.3. The number of para-hydroxylation sites is 1. The lowest BCUT2D eigenvalue weighted by Crippen LogP contribution is -2.19. The average molecular weight is 600 g/mol. The van der Waals surface area contributed by atoms with E-state index in [0.29, 0.717) is 5.75 Å². The first-order valence-electron chi connectivity index (χ1n) is 12.3. The van der Waals surface area contributed by atoms with E-state index >= 15 is 0 Å². The van der Waals surface area contributed by atoms with E-state index in [0.717, 1.165) is 48.0 Å². The van der Waals surface area contributed by atoms with Crippen LogP contribution < -0.4 is 4.74 Å². The van der Waals surface area contributed by atoms with E-state index in [1.54, 1.807) is 7.11 Å². The highest BCUT2D eigenvalue weighted by Gasteiger charge is 2.27. The third kappa shape index (κ3) is 4.90. The van der Waals surface area contributed by atoms with E-state index in [-0.39, 0.29) is 5.41 Å². The van der Waals surface area contributed by atoms with E-state index in [4.69, 9.17) is 7.88 Å². The van der Waals surface area contributed by atoms with Crippen LogP contribution in [-0.4, -0.2) is 12.2 Å². The second-order valence-corrected chi connectivity index (χ2v) is 11.8. The van der Waals surface area contributed by atoms with Gasteiger partial charge in [0.15, 0.2) is 0 Å². The first kappa shape index (κ1) is 25.2. The van der Waals surface area contributed by atoms with Crippen LogP contribution in [0.1, 0.15) is 30.5 Å². The molecule has 0 aromatic heterocycles. The Morgan fingerprint density at radius 1 is 0.784 bits per heavy atom. The predicted molar refractivity (Wildman–Crippen MR) is 162 cm³/mol. The number of phenols is 1. The van der Waals surface area contributed by atoms with Gasteiger partial charge in [0, 0.05) is 43.0 Å². The van der Waals surface area contributed by atoms with Crippen molar-refractivity contribution >= 4 is 37.5 Å². The molecule has 0 bridgehead atoms. The second kappa shape index (κ2) is 10.5. The Balaban J connectivity index is 1.63. The van der Waals surface area contributed by atoms with E-state index in [1.165, 1.54) is 5.56 Å². The molecule has 0 amide bonds. The van der Waals surface area contributed by atoms with Gasteiger partial charge in [-0.25, -0.2) is 3.15 Å². The third-order valence-electron chi connectivity index (χ3n) is 6.88. The molecule has 186 valence electrons. The predicted octanol–water partition coefficient (Wildman–Crippen LogP) is 9.51. The number of fused-ring (bicyclic) bond motifs is 1. The lowest BCUT2D eigenvalue weighted by Gasteiger charge is -2.28. The summed E-state index contributed by atoms with van der Waals surface area (Å²) in [6.07, 6.45) is 0. The molecule has 0 spiro atoms. The zero-order valence-corrected chi connectivity index (χ0v) is 23.7. The molecule has 0 fully saturated rings. The fourth-order valence-corrected chi connectivity index (χ4v) is 6.93. The smallest absolute Gasteiger partial charge is 0.134 e. The normalized spacial score (nSPS) is 12.0. The van der Waals surface area contributed by atoms with Crippen LogP contribution >= 0.6 is 21.0 Å². The van der Waals surface area contributed by atoms with Crippen LogP contribution in [0.2, 0.25) is 0 Å². The van der Waals surface area contributed by atoms with Gasteiger partial charge in [-0.2, -0.15) is 0 Å². The molecule has 0 atom stereocenters. The lowest BCUT2D eigenvalue weighted by molar-refractivity contribution is 0.416. The summed E-state index contributed by atoms with van der Waals surface area (Å²) in [5, 5.41) is 13.7. The molecule has 5 rings (SSSR count). The number of benzene rings is 5. The van der Waals surface area contributed by atoms with Crippen LogP contribution in [-0.2, 0) is 5.41 Å². The Labute approximate surface area is 228 Å². The Kier molecular flexibility index (Phi) is 7.11. The number of ether oxygens (including phenoxy) is 1. The molecule has 3 nitrogen and oxygen atoms in total. The molecular weight excluding hydrogens is 569 g/mol. The molecule has 1 N–H and O–H groups in total. The molecule has 0 saturated carbocycles. The van der Waals surface area contributed by atoms with E-state index in [1.807, 2.05) is 36.4 Å². The van der Waals surface area contributed by atoms with Gasteiger partial charge in [0.2, 0.25) is 0 Å². The van der Waals surface area contributed by atoms with Crippen LogP contribution in [0.3, 0.4) is 0 Å². The minimum absolute atomic E-state index is 0.327. The number of hydrogen-bond acceptors (Lipinski definition) is 3. The number of halogens is 1. The molecule has 0 aliphatic rings. The molecule has 0 heterocycles. The van der Waals surface area contributed by atoms with Crippen molar-refractivity contribution in [3.8, 4) is 22.6 Å². The van der Waals surface area contributed by atoms with Gasteiger partial charge in [-0.1, -0.05) is 98.8 Å². The van der Waals surface area contributed by atoms with Crippen molar-refractivity contribution < 1.29 is 9.84 Å². The number of rotatable bonds is 6. The lowest BCUT2D eigenvalue weighted by atomic mass is 9.77. The van der Waals surface area contributed by atoms with Crippen LogP contribution in [0.4, 0.5) is 5.69 Å². The average Bonchev–Trinajstić information content (AvgIpc) is 2.93. The molecule has 5 aromatic carbocycles. The standard InChI is InChI=1S/C33H30INO2/c1-22-20-27(33(2,3)24-14-6-5-7-15-24)32(36)28(21-22)34-35-29-18-11-13-23-12-10-17-26(31(23)29)25-16-8-9-19-30(25)37-4/h5-21,36H,1-4H3. The number of phenolic OH excluding ortho intramolecular Hbond substituents is 1. The van der Waals surface area contributed by atoms with E-state index in [2.05, 4.69) is 87.5 Å². The van der Waals surface area contributed by atoms with Crippen LogP contribution in [0, 0.1) is 10.5 Å². The number of aryl methyl sites for hydroxylation is 1. The summed E-state index contributed by atoms with van der Waals surface area (Å²) in [7, 11) is 1.70. The van der Waals surface area contributed by atoms with Gasteiger partial charge in [0.1, 0.15) is 11.5 Å². The summed E-state index contributed by atoms with van der Waals surface area (Å²) in [6, 6.07) is 35.2. The summed E-state index contributed by atoms with van der Waals surface area (Å²) < 4.78 is 11.8. The van der Waals surface area contributed by atoms with Gasteiger partial charge in [-0.05, 0) is 47.2 Å². The fraction of sp³-hybridized carbons (Fsp3) is 0.152. The van der Waals surface area contributed by atoms with Gasteiger partial charge in [-0.3, -0.25) is 0 Å². The Morgan fingerprint density at radius 3 is 2.22 bits per heavy atom. The number of methoxy groups -OCH3 is 1. The summed E-state index contributed by atoms with van der Waals surface area (Å²) >= 11 is -0.851. The summed E-state index contributed by atoms with van der Waals surface area (Å²) in [4.78, 5) is 0. The van der Waals surface area contributed by atoms with Crippen molar-refractivity contribution in [2.45, 2.75) is 26.2 Å². The molecule has 37 heavy (non-hydrogen) atoms. The Hall–Kier alpha value is -3.51. The van der Waals surface area contributed by atoms with Crippen molar-refractivity contribution in [1.82, 2.24) is 0 Å². The zero-order valence-electron chi connectivity index (χ0n) is 21.5. The third-order valence-corrected chi connectivity index (χ3v) is 8.98. The van der Waals surface area contributed by atoms with Crippen molar-refractivity contribution in [2.24, 2.45) is 3.15 Å². The highest BCUT2D eigenvalue weighted by atomic mass is 127. The maximum Gasteiger partial charge on any atom is 0.134 e. The van der Waals surface area contributed by atoms with E-state index in [9.17, 15) is 5.11 Å². The quantitative estimate of drug-likeness (QED) is 0.198. The monoisotopic (exact) mass is 599 g/mol. The van der Waals surface area contributed by atoms with Crippen LogP contribution in [0.15, 0.2) is 106 Å². The molecule has 0 aliphatic heterocycles. The zero-order chi connectivity index (χ0) is 26.0. The van der Waals surface area contributed by atoms with Gasteiger partial charge in [0.05, 0.1) is 16.4 Å². The maximum absolute atomic E-state index is 11.5. The summed E-state index contributed by atoms with van der Waals surface area (Å²) in [5.74, 6) is 1.20. The maximum atomic E-state index is 11.5. The minimum atomic E-state index is -0.851. The second-order valence-electron chi connectivity index (χ2n) is 9.68. The van der Waals surface area contributed by atoms with Crippen molar-refractivity contribution in [3.05, 3.63) is 123 Å². The summed E-state index contributed by atoms with van der Waals surface area (Å²) in [6.45, 7) is 6.43. The van der Waals surface area contributed by atoms with Gasteiger partial charge >= 0.3 is 0 Å². The molecule has 0 unspecified atom stereocenters. The topological polar surface area (TPSA) is 41.8 Å². The van der Waals surface area contributed by atoms with Crippen LogP contribution in [0.5, 0.6) is 11.5 Å². The molecule has 4 heteroatoms. The highest BCUT2D eigenvalue weighted by Crippen LogP contribution is 2.44. The number of aromatic hydroxyl groups is 1. The van der Waals surface area contributed by atoms with E-state index < -0.39 is 21.0 Å². The first-order chi connectivity index (χ1) is 17.9. The molecule has 5 aromatic rings. The largest absolute Gasteiger partial charge is 0.506 e. The molecule has 0 radical (unpaired) electrons. The highest BCUT2D eigenvalue weighted by molar-refractivity contribution is 14.2. The van der Waals surface area contributed by atoms with Gasteiger partial charge in [0.25, 0.3) is 0 Å². The number of hydrogen-bond donors (Lipinski definition) is 1. The number of nitrogens with zero attached hydrogens (tertiary/aromatic N) is 1. The molecular formula is C33H30INO2. The molecule has 0 saturated heterocycles. The van der Waals surface area contributed by atoms with Crippen LogP contribution in [0.25, 0.3) is 21.9 Å². The van der Waals surface area contributed by atoms with Crippen molar-refractivity contribution in [2.75, 3.05) is 7.11 Å². The Morgan fingerprint density at radius 2 is 1.46 bits per heavy atom. The molecule has 0 aliphatic carbocycles. The van der Waals surface area contributed by atoms with Crippen molar-refractivity contribution in [3.63, 3.8) is 0 Å². The minimum Gasteiger partial charge on any atom is -0.506 e. The van der Waals surface area contributed by atoms with Gasteiger partial charge in [-0.15, -0.1) is 0 Å². The van der Waals surface area contributed by atoms with Gasteiger partial charge < -0.3 is 9.84 Å². The summed E-state index contributed by atoms with van der Waals surface area (Å²) in [5.41, 5.74) is 6.00.